The first-order valence-corrected chi connectivity index (χ1v) is 8.38. The van der Waals surface area contributed by atoms with E-state index in [2.05, 4.69) is 10.3 Å². The fourth-order valence-corrected chi connectivity index (χ4v) is 4.10. The van der Waals surface area contributed by atoms with Gasteiger partial charge in [0.2, 0.25) is 6.08 Å². The molecule has 1 heterocycles. The third-order valence-corrected chi connectivity index (χ3v) is 5.65. The zero-order valence-electron chi connectivity index (χ0n) is 12.4. The van der Waals surface area contributed by atoms with Crippen molar-refractivity contribution in [1.29, 1.82) is 0 Å². The van der Waals surface area contributed by atoms with E-state index in [4.69, 9.17) is 4.74 Å². The highest BCUT2D eigenvalue weighted by Gasteiger charge is 2.43. The third kappa shape index (κ3) is 3.70. The van der Waals surface area contributed by atoms with Gasteiger partial charge in [-0.15, -0.1) is 0 Å². The van der Waals surface area contributed by atoms with E-state index in [-0.39, 0.29) is 0 Å². The number of rotatable bonds is 4. The van der Waals surface area contributed by atoms with Crippen LogP contribution in [-0.4, -0.2) is 29.3 Å². The van der Waals surface area contributed by atoms with Crippen LogP contribution in [0, 0.1) is 12.8 Å². The first kappa shape index (κ1) is 15.1. The van der Waals surface area contributed by atoms with Crippen molar-refractivity contribution in [2.24, 2.45) is 10.9 Å². The molecule has 3 rings (SSSR count). The second kappa shape index (κ2) is 6.55. The van der Waals surface area contributed by atoms with Gasteiger partial charge in [0.05, 0.1) is 12.3 Å². The Bertz CT molecular complexity index is 628. The topological polar surface area (TPSA) is 67.8 Å². The number of amides is 1. The quantitative estimate of drug-likeness (QED) is 0.521. The number of nitrogens with one attached hydrogen (secondary N) is 1. The van der Waals surface area contributed by atoms with Crippen LogP contribution in [0.2, 0.25) is 0 Å². The second-order valence-corrected chi connectivity index (χ2v) is 7.30. The lowest BCUT2D eigenvalue weighted by Crippen LogP contribution is -2.22. The molecule has 1 aromatic carbocycles. The molecule has 1 aliphatic heterocycles. The molecule has 0 spiro atoms. The van der Waals surface area contributed by atoms with Crippen molar-refractivity contribution in [3.8, 4) is 0 Å². The lowest BCUT2D eigenvalue weighted by molar-refractivity contribution is 0.132. The van der Waals surface area contributed by atoms with E-state index in [9.17, 15) is 9.59 Å². The van der Waals surface area contributed by atoms with Gasteiger partial charge >= 0.3 is 6.09 Å². The van der Waals surface area contributed by atoms with Gasteiger partial charge < -0.3 is 4.74 Å². The zero-order chi connectivity index (χ0) is 15.5. The maximum atomic E-state index is 11.9. The summed E-state index contributed by atoms with van der Waals surface area (Å²) in [6, 6.07) is 5.18. The molecular weight excluding hydrogens is 300 g/mol. The zero-order valence-corrected chi connectivity index (χ0v) is 13.2. The maximum absolute atomic E-state index is 11.9. The molecule has 6 heteroatoms. The Morgan fingerprint density at radius 2 is 2.32 bits per heavy atom. The van der Waals surface area contributed by atoms with Gasteiger partial charge in [-0.05, 0) is 49.8 Å². The summed E-state index contributed by atoms with van der Waals surface area (Å²) in [6.45, 7) is 2.31. The summed E-state index contributed by atoms with van der Waals surface area (Å²) in [5, 5.41) is 4.34. The minimum atomic E-state index is -0.463. The van der Waals surface area contributed by atoms with Crippen LogP contribution in [-0.2, 0) is 9.53 Å². The molecule has 1 saturated carbocycles. The number of benzene rings is 1. The van der Waals surface area contributed by atoms with E-state index in [1.807, 2.05) is 18.7 Å². The van der Waals surface area contributed by atoms with E-state index in [1.165, 1.54) is 12.5 Å². The Balaban J connectivity index is 1.50. The highest BCUT2D eigenvalue weighted by Crippen LogP contribution is 2.52. The molecule has 1 amide bonds. The first-order valence-electron chi connectivity index (χ1n) is 7.43. The SMILES string of the molecule is Cc1ccc(NC(=O)OCC2CCC3SC3C2)cc1N=C=O. The molecule has 2 fully saturated rings. The summed E-state index contributed by atoms with van der Waals surface area (Å²) >= 11 is 2.05. The van der Waals surface area contributed by atoms with Gasteiger partial charge in [-0.3, -0.25) is 5.32 Å². The molecule has 116 valence electrons. The van der Waals surface area contributed by atoms with Gasteiger partial charge in [0, 0.05) is 16.2 Å². The molecule has 1 N–H and O–H groups in total. The number of aryl methyl sites for hydroxylation is 1. The Hall–Kier alpha value is -1.78. The standard InChI is InChI=1S/C16H18N2O3S/c1-10-2-4-12(7-13(10)17-9-19)18-16(20)21-8-11-3-5-14-15(6-11)22-14/h2,4,7,11,14-15H,3,5-6,8H2,1H3,(H,18,20). The van der Waals surface area contributed by atoms with E-state index in [0.29, 0.717) is 23.9 Å². The van der Waals surface area contributed by atoms with Crippen LogP contribution in [0.15, 0.2) is 23.2 Å². The summed E-state index contributed by atoms with van der Waals surface area (Å²) in [5.41, 5.74) is 1.91. The number of ether oxygens (including phenoxy) is 1. The van der Waals surface area contributed by atoms with Gasteiger partial charge in [-0.25, -0.2) is 9.59 Å². The average Bonchev–Trinajstić information content (AvgIpc) is 3.27. The van der Waals surface area contributed by atoms with Gasteiger partial charge in [-0.2, -0.15) is 16.8 Å². The van der Waals surface area contributed by atoms with Gasteiger partial charge in [-0.1, -0.05) is 6.07 Å². The normalized spacial score (nSPS) is 25.6. The minimum absolute atomic E-state index is 0.463. The summed E-state index contributed by atoms with van der Waals surface area (Å²) in [6.07, 6.45) is 4.60. The molecule has 0 bridgehead atoms. The molecule has 3 unspecified atom stereocenters. The van der Waals surface area contributed by atoms with Crippen LogP contribution >= 0.6 is 11.8 Å². The van der Waals surface area contributed by atoms with E-state index >= 15 is 0 Å². The van der Waals surface area contributed by atoms with Crippen molar-refractivity contribution in [1.82, 2.24) is 0 Å². The van der Waals surface area contributed by atoms with Crippen LogP contribution in [0.5, 0.6) is 0 Å². The molecule has 2 aliphatic rings. The summed E-state index contributed by atoms with van der Waals surface area (Å²) in [7, 11) is 0. The number of fused-ring (bicyclic) bond motifs is 1. The molecular formula is C16H18N2O3S. The molecule has 22 heavy (non-hydrogen) atoms. The number of carbonyl (C=O) groups excluding carboxylic acids is 2. The van der Waals surface area contributed by atoms with Crippen LogP contribution in [0.4, 0.5) is 16.2 Å². The molecule has 1 aliphatic carbocycles. The summed E-state index contributed by atoms with van der Waals surface area (Å²) in [4.78, 5) is 25.8. The smallest absolute Gasteiger partial charge is 0.411 e. The fourth-order valence-electron chi connectivity index (χ4n) is 2.84. The third-order valence-electron chi connectivity index (χ3n) is 4.18. The fraction of sp³-hybridized carbons (Fsp3) is 0.500. The number of carbonyl (C=O) groups is 1. The molecule has 5 nitrogen and oxygen atoms in total. The minimum Gasteiger partial charge on any atom is -0.449 e. The largest absolute Gasteiger partial charge is 0.449 e. The van der Waals surface area contributed by atoms with Crippen LogP contribution < -0.4 is 5.32 Å². The van der Waals surface area contributed by atoms with Gasteiger partial charge in [0.1, 0.15) is 0 Å². The Kier molecular flexibility index (Phi) is 4.50. The van der Waals surface area contributed by atoms with Gasteiger partial charge in [0.25, 0.3) is 0 Å². The number of anilines is 1. The Morgan fingerprint density at radius 1 is 1.45 bits per heavy atom. The number of isocyanates is 1. The van der Waals surface area contributed by atoms with E-state index < -0.39 is 6.09 Å². The summed E-state index contributed by atoms with van der Waals surface area (Å²) in [5.74, 6) is 0.482. The molecule has 1 aromatic rings. The van der Waals surface area contributed by atoms with Crippen molar-refractivity contribution >= 4 is 35.3 Å². The highest BCUT2D eigenvalue weighted by atomic mass is 32.2. The lowest BCUT2D eigenvalue weighted by Gasteiger charge is -2.19. The van der Waals surface area contributed by atoms with E-state index in [0.717, 1.165) is 28.9 Å². The molecule has 1 saturated heterocycles. The van der Waals surface area contributed by atoms with E-state index in [1.54, 1.807) is 18.2 Å². The van der Waals surface area contributed by atoms with Gasteiger partial charge in [0.15, 0.2) is 0 Å². The average molecular weight is 318 g/mol. The number of hydrogen-bond donors (Lipinski definition) is 1. The predicted octanol–water partition coefficient (Wildman–Crippen LogP) is 3.79. The lowest BCUT2D eigenvalue weighted by atomic mass is 9.90. The number of thioether (sulfide) groups is 1. The van der Waals surface area contributed by atoms with Crippen molar-refractivity contribution < 1.29 is 14.3 Å². The van der Waals surface area contributed by atoms with Crippen molar-refractivity contribution in [3.63, 3.8) is 0 Å². The van der Waals surface area contributed by atoms with Crippen LogP contribution in [0.1, 0.15) is 24.8 Å². The number of hydrogen-bond acceptors (Lipinski definition) is 5. The molecule has 0 aromatic heterocycles. The summed E-state index contributed by atoms with van der Waals surface area (Å²) < 4.78 is 5.32. The van der Waals surface area contributed by atoms with Crippen LogP contribution in [0.25, 0.3) is 0 Å². The number of nitrogens with zero attached hydrogens (tertiary/aromatic N) is 1. The van der Waals surface area contributed by atoms with Crippen molar-refractivity contribution in [2.45, 2.75) is 36.7 Å². The number of aliphatic imine (C=N–C) groups is 1. The molecule has 0 radical (unpaired) electrons. The predicted molar refractivity (Wildman–Crippen MR) is 86.4 cm³/mol. The second-order valence-electron chi connectivity index (χ2n) is 5.82. The van der Waals surface area contributed by atoms with Crippen molar-refractivity contribution in [2.75, 3.05) is 11.9 Å². The first-order chi connectivity index (χ1) is 10.7. The van der Waals surface area contributed by atoms with Crippen molar-refractivity contribution in [3.05, 3.63) is 23.8 Å². The van der Waals surface area contributed by atoms with Crippen LogP contribution in [0.3, 0.4) is 0 Å². The Morgan fingerprint density at radius 3 is 3.09 bits per heavy atom. The maximum Gasteiger partial charge on any atom is 0.411 e. The Labute approximate surface area is 133 Å². The monoisotopic (exact) mass is 318 g/mol. The highest BCUT2D eigenvalue weighted by molar-refractivity contribution is 8.07. The molecule has 3 atom stereocenters.